The Labute approximate surface area is 158 Å². The van der Waals surface area contributed by atoms with Gasteiger partial charge in [-0.3, -0.25) is 10.1 Å². The summed E-state index contributed by atoms with van der Waals surface area (Å²) >= 11 is 0. The predicted molar refractivity (Wildman–Crippen MR) is 105 cm³/mol. The van der Waals surface area contributed by atoms with E-state index in [1.165, 1.54) is 19.4 Å². The Balaban J connectivity index is 1.53. The average molecular weight is 377 g/mol. The Morgan fingerprint density at radius 1 is 1.25 bits per heavy atom. The number of fused-ring (bicyclic) bond motifs is 1. The van der Waals surface area contributed by atoms with Gasteiger partial charge in [-0.15, -0.1) is 0 Å². The van der Waals surface area contributed by atoms with Crippen LogP contribution in [0, 0.1) is 10.1 Å². The molecule has 4 aromatic rings. The summed E-state index contributed by atoms with van der Waals surface area (Å²) in [7, 11) is 1.45. The lowest BCUT2D eigenvalue weighted by atomic mass is 10.1. The van der Waals surface area contributed by atoms with E-state index in [2.05, 4.69) is 20.5 Å². The van der Waals surface area contributed by atoms with Crippen molar-refractivity contribution in [3.05, 3.63) is 70.5 Å². The van der Waals surface area contributed by atoms with Crippen LogP contribution >= 0.6 is 0 Å². The van der Waals surface area contributed by atoms with Crippen molar-refractivity contribution >= 4 is 28.9 Å². The minimum Gasteiger partial charge on any atom is -0.497 e. The molecule has 0 unspecified atom stereocenters. The molecule has 0 spiro atoms. The third-order valence-electron chi connectivity index (χ3n) is 4.05. The number of hydrogen-bond donors (Lipinski definition) is 2. The second kappa shape index (κ2) is 7.23. The van der Waals surface area contributed by atoms with Crippen LogP contribution in [0.4, 0.5) is 11.6 Å². The SMILES string of the molecule is COc1ccc(-c2ccc(/C=N/Nc3nc4ccccc4[nH]3)o2)c([N+](=O)[O-])c1. The highest BCUT2D eigenvalue weighted by Gasteiger charge is 2.19. The number of H-pyrrole nitrogens is 1. The summed E-state index contributed by atoms with van der Waals surface area (Å²) in [5.41, 5.74) is 4.77. The van der Waals surface area contributed by atoms with E-state index in [4.69, 9.17) is 9.15 Å². The van der Waals surface area contributed by atoms with Crippen molar-refractivity contribution in [2.75, 3.05) is 12.5 Å². The second-order valence-electron chi connectivity index (χ2n) is 5.81. The molecule has 0 fully saturated rings. The molecule has 4 rings (SSSR count). The smallest absolute Gasteiger partial charge is 0.284 e. The van der Waals surface area contributed by atoms with Gasteiger partial charge in [-0.05, 0) is 36.4 Å². The zero-order valence-corrected chi connectivity index (χ0v) is 14.7. The van der Waals surface area contributed by atoms with Crippen molar-refractivity contribution in [1.82, 2.24) is 9.97 Å². The van der Waals surface area contributed by atoms with Crippen molar-refractivity contribution in [2.24, 2.45) is 5.10 Å². The number of nitrogens with one attached hydrogen (secondary N) is 2. The number of nitro groups is 1. The van der Waals surface area contributed by atoms with Gasteiger partial charge in [0.15, 0.2) is 0 Å². The summed E-state index contributed by atoms with van der Waals surface area (Å²) in [5, 5.41) is 15.4. The van der Waals surface area contributed by atoms with E-state index in [1.54, 1.807) is 24.3 Å². The molecular formula is C19H15N5O4. The lowest BCUT2D eigenvalue weighted by molar-refractivity contribution is -0.384. The normalized spacial score (nSPS) is 11.2. The van der Waals surface area contributed by atoms with E-state index in [-0.39, 0.29) is 5.69 Å². The summed E-state index contributed by atoms with van der Waals surface area (Å²) in [5.74, 6) is 1.69. The first-order chi connectivity index (χ1) is 13.6. The molecule has 9 heteroatoms. The van der Waals surface area contributed by atoms with Crippen LogP contribution < -0.4 is 10.2 Å². The summed E-state index contributed by atoms with van der Waals surface area (Å²) in [6.45, 7) is 0. The molecule has 2 aromatic carbocycles. The Morgan fingerprint density at radius 2 is 2.11 bits per heavy atom. The van der Waals surface area contributed by atoms with Crippen molar-refractivity contribution < 1.29 is 14.1 Å². The van der Waals surface area contributed by atoms with Crippen LogP contribution in [0.2, 0.25) is 0 Å². The van der Waals surface area contributed by atoms with Crippen molar-refractivity contribution in [3.63, 3.8) is 0 Å². The number of ether oxygens (including phenoxy) is 1. The highest BCUT2D eigenvalue weighted by molar-refractivity contribution is 5.80. The zero-order chi connectivity index (χ0) is 19.5. The first-order valence-corrected chi connectivity index (χ1v) is 8.30. The predicted octanol–water partition coefficient (Wildman–Crippen LogP) is 4.19. The quantitative estimate of drug-likeness (QED) is 0.295. The van der Waals surface area contributed by atoms with E-state index in [9.17, 15) is 10.1 Å². The number of rotatable bonds is 6. The average Bonchev–Trinajstić information content (AvgIpc) is 3.34. The number of para-hydroxylation sites is 2. The Hall–Kier alpha value is -4.14. The monoisotopic (exact) mass is 377 g/mol. The molecule has 0 atom stereocenters. The molecule has 0 bridgehead atoms. The van der Waals surface area contributed by atoms with Gasteiger partial charge in [-0.2, -0.15) is 5.10 Å². The summed E-state index contributed by atoms with van der Waals surface area (Å²) in [6.07, 6.45) is 1.46. The van der Waals surface area contributed by atoms with Gasteiger partial charge in [0.05, 0.1) is 40.9 Å². The number of aromatic nitrogens is 2. The fraction of sp³-hybridized carbons (Fsp3) is 0.0526. The van der Waals surface area contributed by atoms with Crippen LogP contribution in [-0.4, -0.2) is 28.2 Å². The maximum absolute atomic E-state index is 11.3. The number of anilines is 1. The second-order valence-corrected chi connectivity index (χ2v) is 5.81. The molecule has 140 valence electrons. The number of hydrogen-bond acceptors (Lipinski definition) is 7. The molecule has 28 heavy (non-hydrogen) atoms. The molecule has 9 nitrogen and oxygen atoms in total. The van der Waals surface area contributed by atoms with E-state index in [1.807, 2.05) is 24.3 Å². The maximum atomic E-state index is 11.3. The van der Waals surface area contributed by atoms with Crippen LogP contribution in [-0.2, 0) is 0 Å². The topological polar surface area (TPSA) is 119 Å². The molecule has 2 aromatic heterocycles. The molecule has 2 heterocycles. The van der Waals surface area contributed by atoms with Crippen molar-refractivity contribution in [3.8, 4) is 17.1 Å². The van der Waals surface area contributed by atoms with Crippen molar-refractivity contribution in [1.29, 1.82) is 0 Å². The number of furan rings is 1. The molecule has 2 N–H and O–H groups in total. The maximum Gasteiger partial charge on any atom is 0.284 e. The molecular weight excluding hydrogens is 362 g/mol. The van der Waals surface area contributed by atoms with Gasteiger partial charge in [0.25, 0.3) is 5.69 Å². The molecule has 0 saturated carbocycles. The molecule has 0 radical (unpaired) electrons. The number of nitrogens with zero attached hydrogens (tertiary/aromatic N) is 3. The third kappa shape index (κ3) is 3.40. The van der Waals surface area contributed by atoms with Crippen molar-refractivity contribution in [2.45, 2.75) is 0 Å². The first kappa shape index (κ1) is 17.3. The Kier molecular flexibility index (Phi) is 4.47. The first-order valence-electron chi connectivity index (χ1n) is 8.30. The van der Waals surface area contributed by atoms with Gasteiger partial charge in [-0.25, -0.2) is 10.4 Å². The number of hydrazone groups is 1. The van der Waals surface area contributed by atoms with Crippen LogP contribution in [0.25, 0.3) is 22.4 Å². The highest BCUT2D eigenvalue weighted by Crippen LogP contribution is 2.33. The van der Waals surface area contributed by atoms with Gasteiger partial charge >= 0.3 is 0 Å². The fourth-order valence-electron chi connectivity index (χ4n) is 2.73. The lowest BCUT2D eigenvalue weighted by Crippen LogP contribution is -1.93. The Bertz CT molecular complexity index is 1150. The molecule has 0 saturated heterocycles. The largest absolute Gasteiger partial charge is 0.497 e. The van der Waals surface area contributed by atoms with Gasteiger partial charge < -0.3 is 14.1 Å². The van der Waals surface area contributed by atoms with E-state index in [0.717, 1.165) is 11.0 Å². The zero-order valence-electron chi connectivity index (χ0n) is 14.7. The summed E-state index contributed by atoms with van der Waals surface area (Å²) in [4.78, 5) is 18.3. The third-order valence-corrected chi connectivity index (χ3v) is 4.05. The number of aromatic amines is 1. The van der Waals surface area contributed by atoms with Crippen LogP contribution in [0.3, 0.4) is 0 Å². The van der Waals surface area contributed by atoms with Crippen LogP contribution in [0.1, 0.15) is 5.76 Å². The number of benzene rings is 2. The minimum atomic E-state index is -0.475. The van der Waals surface area contributed by atoms with Gasteiger partial charge in [-0.1, -0.05) is 12.1 Å². The van der Waals surface area contributed by atoms with E-state index in [0.29, 0.717) is 28.8 Å². The number of nitro benzene ring substituents is 1. The van der Waals surface area contributed by atoms with Crippen LogP contribution in [0.15, 0.2) is 64.1 Å². The summed E-state index contributed by atoms with van der Waals surface area (Å²) in [6, 6.07) is 15.5. The molecule has 0 aliphatic rings. The molecule has 0 amide bonds. The summed E-state index contributed by atoms with van der Waals surface area (Å²) < 4.78 is 10.7. The number of methoxy groups -OCH3 is 1. The fourth-order valence-corrected chi connectivity index (χ4v) is 2.73. The van der Waals surface area contributed by atoms with E-state index < -0.39 is 4.92 Å². The minimum absolute atomic E-state index is 0.0995. The molecule has 0 aliphatic heterocycles. The van der Waals surface area contributed by atoms with Gasteiger partial charge in [0.1, 0.15) is 17.3 Å². The van der Waals surface area contributed by atoms with Gasteiger partial charge in [0, 0.05) is 0 Å². The number of imidazole rings is 1. The van der Waals surface area contributed by atoms with Gasteiger partial charge in [0.2, 0.25) is 5.95 Å². The van der Waals surface area contributed by atoms with E-state index >= 15 is 0 Å². The molecule has 0 aliphatic carbocycles. The Morgan fingerprint density at radius 3 is 2.89 bits per heavy atom. The standard InChI is InChI=1S/C19H15N5O4/c1-27-12-6-8-14(17(10-12)24(25)26)18-9-7-13(28-18)11-20-23-19-21-15-4-2-3-5-16(15)22-19/h2-11H,1H3,(H2,21,22,23)/b20-11+. The van der Waals surface area contributed by atoms with Crippen LogP contribution in [0.5, 0.6) is 5.75 Å². The lowest BCUT2D eigenvalue weighted by Gasteiger charge is -2.03. The highest BCUT2D eigenvalue weighted by atomic mass is 16.6.